The number of ether oxygens (including phenoxy) is 1. The molecule has 0 spiro atoms. The number of nitrogens with one attached hydrogen (secondary N) is 1. The predicted octanol–water partition coefficient (Wildman–Crippen LogP) is 0.992. The van der Waals surface area contributed by atoms with Crippen LogP contribution < -0.4 is 5.32 Å². The van der Waals surface area contributed by atoms with Gasteiger partial charge in [-0.25, -0.2) is 8.42 Å². The molecule has 0 aliphatic carbocycles. The van der Waals surface area contributed by atoms with E-state index in [4.69, 9.17) is 4.74 Å². The molecule has 1 N–H and O–H groups in total. The van der Waals surface area contributed by atoms with Gasteiger partial charge in [-0.3, -0.25) is 0 Å². The van der Waals surface area contributed by atoms with Crippen LogP contribution in [0.1, 0.15) is 20.8 Å². The summed E-state index contributed by atoms with van der Waals surface area (Å²) in [5.74, 6) is 0. The lowest BCUT2D eigenvalue weighted by molar-refractivity contribution is 0.157. The maximum Gasteiger partial charge on any atom is 0.153 e. The number of rotatable bonds is 8. The van der Waals surface area contributed by atoms with E-state index >= 15 is 0 Å². The molecular formula is C11H23NO3S. The molecule has 0 aromatic heterocycles. The molecule has 0 saturated carbocycles. The maximum absolute atomic E-state index is 11.4. The first-order valence-electron chi connectivity index (χ1n) is 5.29. The van der Waals surface area contributed by atoms with Crippen molar-refractivity contribution >= 4 is 9.84 Å². The molecular weight excluding hydrogens is 226 g/mol. The zero-order valence-electron chi connectivity index (χ0n) is 10.7. The number of sulfone groups is 1. The topological polar surface area (TPSA) is 55.4 Å². The molecule has 96 valence electrons. The van der Waals surface area contributed by atoms with Crippen molar-refractivity contribution in [1.29, 1.82) is 0 Å². The van der Waals surface area contributed by atoms with Crippen LogP contribution in [0.15, 0.2) is 12.2 Å². The van der Waals surface area contributed by atoms with Crippen molar-refractivity contribution in [2.45, 2.75) is 25.5 Å². The molecule has 5 heteroatoms. The highest BCUT2D eigenvalue weighted by atomic mass is 32.2. The molecule has 16 heavy (non-hydrogen) atoms. The second-order valence-corrected chi connectivity index (χ2v) is 7.37. The van der Waals surface area contributed by atoms with Gasteiger partial charge in [0.25, 0.3) is 0 Å². The van der Waals surface area contributed by atoms with Crippen molar-refractivity contribution in [2.24, 2.45) is 0 Å². The summed E-state index contributed by atoms with van der Waals surface area (Å²) in [6.45, 7) is 11.2. The Balaban J connectivity index is 3.71. The molecule has 0 radical (unpaired) electrons. The Labute approximate surface area is 99.0 Å². The van der Waals surface area contributed by atoms with E-state index in [1.807, 2.05) is 6.92 Å². The van der Waals surface area contributed by atoms with Gasteiger partial charge < -0.3 is 10.1 Å². The van der Waals surface area contributed by atoms with Gasteiger partial charge in [0.05, 0.1) is 18.0 Å². The third kappa shape index (κ3) is 6.25. The minimum Gasteiger partial charge on any atom is -0.376 e. The van der Waals surface area contributed by atoms with Gasteiger partial charge >= 0.3 is 0 Å². The predicted molar refractivity (Wildman–Crippen MR) is 67.4 cm³/mol. The van der Waals surface area contributed by atoms with Crippen LogP contribution in [-0.4, -0.2) is 45.7 Å². The summed E-state index contributed by atoms with van der Waals surface area (Å²) in [6.07, 6.45) is 1.26. The number of hydrogen-bond acceptors (Lipinski definition) is 4. The van der Waals surface area contributed by atoms with Crippen LogP contribution in [0, 0.1) is 0 Å². The maximum atomic E-state index is 11.4. The zero-order chi connectivity index (χ0) is 12.8. The van der Waals surface area contributed by atoms with Gasteiger partial charge in [-0.2, -0.15) is 0 Å². The van der Waals surface area contributed by atoms with Crippen LogP contribution in [0.5, 0.6) is 0 Å². The van der Waals surface area contributed by atoms with E-state index in [0.717, 1.165) is 5.57 Å². The average molecular weight is 249 g/mol. The standard InChI is InChI=1S/C11H23NO3S/c1-10(2)8-15-7-6-12-9-11(3,4)16(5,13)14/h12H,1,6-9H2,2-5H3. The molecule has 0 bridgehead atoms. The minimum atomic E-state index is -3.03. The fourth-order valence-corrected chi connectivity index (χ4v) is 1.28. The third-order valence-electron chi connectivity index (χ3n) is 2.33. The summed E-state index contributed by atoms with van der Waals surface area (Å²) in [4.78, 5) is 0. The molecule has 0 fully saturated rings. The second-order valence-electron chi connectivity index (χ2n) is 4.72. The van der Waals surface area contributed by atoms with Gasteiger partial charge in [-0.05, 0) is 20.8 Å². The molecule has 0 amide bonds. The van der Waals surface area contributed by atoms with Gasteiger partial charge in [-0.15, -0.1) is 0 Å². The second kappa shape index (κ2) is 6.37. The quantitative estimate of drug-likeness (QED) is 0.515. The van der Waals surface area contributed by atoms with E-state index in [9.17, 15) is 8.42 Å². The molecule has 0 aliphatic rings. The summed E-state index contributed by atoms with van der Waals surface area (Å²) < 4.78 is 27.3. The van der Waals surface area contributed by atoms with Crippen molar-refractivity contribution in [3.05, 3.63) is 12.2 Å². The fourth-order valence-electron chi connectivity index (χ4n) is 0.911. The van der Waals surface area contributed by atoms with Crippen molar-refractivity contribution in [3.8, 4) is 0 Å². The normalized spacial score (nSPS) is 12.8. The van der Waals surface area contributed by atoms with Crippen LogP contribution >= 0.6 is 0 Å². The van der Waals surface area contributed by atoms with Crippen molar-refractivity contribution in [2.75, 3.05) is 32.6 Å². The Morgan fingerprint density at radius 1 is 1.44 bits per heavy atom. The van der Waals surface area contributed by atoms with E-state index in [0.29, 0.717) is 26.3 Å². The van der Waals surface area contributed by atoms with Gasteiger partial charge in [0.1, 0.15) is 0 Å². The first kappa shape index (κ1) is 15.6. The Hall–Kier alpha value is -0.390. The van der Waals surface area contributed by atoms with E-state index in [2.05, 4.69) is 11.9 Å². The van der Waals surface area contributed by atoms with Gasteiger partial charge in [0, 0.05) is 19.3 Å². The van der Waals surface area contributed by atoms with Crippen LogP contribution in [0.4, 0.5) is 0 Å². The molecule has 0 heterocycles. The molecule has 0 atom stereocenters. The van der Waals surface area contributed by atoms with Gasteiger partial charge in [0.2, 0.25) is 0 Å². The highest BCUT2D eigenvalue weighted by Gasteiger charge is 2.29. The lowest BCUT2D eigenvalue weighted by Crippen LogP contribution is -2.42. The molecule has 0 rings (SSSR count). The smallest absolute Gasteiger partial charge is 0.153 e. The van der Waals surface area contributed by atoms with E-state index in [1.54, 1.807) is 13.8 Å². The van der Waals surface area contributed by atoms with Crippen LogP contribution in [0.2, 0.25) is 0 Å². The zero-order valence-corrected chi connectivity index (χ0v) is 11.5. The Bertz CT molecular complexity index is 320. The van der Waals surface area contributed by atoms with Crippen molar-refractivity contribution in [1.82, 2.24) is 5.32 Å². The summed E-state index contributed by atoms with van der Waals surface area (Å²) in [5, 5.41) is 3.07. The average Bonchev–Trinajstić information content (AvgIpc) is 2.08. The molecule has 4 nitrogen and oxygen atoms in total. The van der Waals surface area contributed by atoms with Crippen molar-refractivity contribution < 1.29 is 13.2 Å². The van der Waals surface area contributed by atoms with Gasteiger partial charge in [0.15, 0.2) is 9.84 Å². The fraction of sp³-hybridized carbons (Fsp3) is 0.818. The highest BCUT2D eigenvalue weighted by molar-refractivity contribution is 7.92. The summed E-state index contributed by atoms with van der Waals surface area (Å²) in [5.41, 5.74) is 0.983. The van der Waals surface area contributed by atoms with E-state index in [-0.39, 0.29) is 0 Å². The molecule has 0 saturated heterocycles. The lowest BCUT2D eigenvalue weighted by Gasteiger charge is -2.22. The molecule has 0 aromatic carbocycles. The van der Waals surface area contributed by atoms with Crippen molar-refractivity contribution in [3.63, 3.8) is 0 Å². The van der Waals surface area contributed by atoms with Crippen LogP contribution in [0.25, 0.3) is 0 Å². The highest BCUT2D eigenvalue weighted by Crippen LogP contribution is 2.12. The monoisotopic (exact) mass is 249 g/mol. The summed E-state index contributed by atoms with van der Waals surface area (Å²) in [6, 6.07) is 0. The first-order chi connectivity index (χ1) is 7.17. The largest absolute Gasteiger partial charge is 0.376 e. The number of hydrogen-bond donors (Lipinski definition) is 1. The Morgan fingerprint density at radius 3 is 2.44 bits per heavy atom. The summed E-state index contributed by atoms with van der Waals surface area (Å²) in [7, 11) is -3.03. The SMILES string of the molecule is C=C(C)COCCNCC(C)(C)S(C)(=O)=O. The van der Waals surface area contributed by atoms with E-state index in [1.165, 1.54) is 6.26 Å². The molecule has 0 aromatic rings. The lowest BCUT2D eigenvalue weighted by atomic mass is 10.2. The Kier molecular flexibility index (Phi) is 6.22. The molecule has 0 aliphatic heterocycles. The third-order valence-corrected chi connectivity index (χ3v) is 4.48. The first-order valence-corrected chi connectivity index (χ1v) is 7.18. The molecule has 0 unspecified atom stereocenters. The van der Waals surface area contributed by atoms with Crippen LogP contribution in [0.3, 0.4) is 0 Å². The van der Waals surface area contributed by atoms with E-state index < -0.39 is 14.6 Å². The Morgan fingerprint density at radius 2 is 2.00 bits per heavy atom. The summed E-state index contributed by atoms with van der Waals surface area (Å²) >= 11 is 0. The van der Waals surface area contributed by atoms with Crippen LogP contribution in [-0.2, 0) is 14.6 Å². The minimum absolute atomic E-state index is 0.433. The van der Waals surface area contributed by atoms with Gasteiger partial charge in [-0.1, -0.05) is 12.2 Å².